The van der Waals surface area contributed by atoms with Gasteiger partial charge >= 0.3 is 0 Å². The van der Waals surface area contributed by atoms with Crippen molar-refractivity contribution >= 4 is 39.7 Å². The third kappa shape index (κ3) is 2.88. The fourth-order valence-electron chi connectivity index (χ4n) is 2.92. The Morgan fingerprint density at radius 2 is 2.17 bits per heavy atom. The van der Waals surface area contributed by atoms with Crippen LogP contribution in [0.25, 0.3) is 11.5 Å². The summed E-state index contributed by atoms with van der Waals surface area (Å²) in [6, 6.07) is 3.37. The van der Waals surface area contributed by atoms with E-state index in [-0.39, 0.29) is 6.04 Å². The van der Waals surface area contributed by atoms with E-state index in [4.69, 9.17) is 0 Å². The lowest BCUT2D eigenvalue weighted by Gasteiger charge is -2.35. The lowest BCUT2D eigenvalue weighted by molar-refractivity contribution is 0.561. The van der Waals surface area contributed by atoms with Crippen LogP contribution in [0, 0.1) is 9.52 Å². The van der Waals surface area contributed by atoms with Gasteiger partial charge in [-0.15, -0.1) is 11.3 Å². The lowest BCUT2D eigenvalue weighted by atomic mass is 9.99. The van der Waals surface area contributed by atoms with Gasteiger partial charge in [0.05, 0.1) is 17.2 Å². The molecule has 1 aliphatic heterocycles. The maximum absolute atomic E-state index is 13.6. The average Bonchev–Trinajstić information content (AvgIpc) is 3.08. The van der Waals surface area contributed by atoms with E-state index in [9.17, 15) is 4.39 Å². The van der Waals surface area contributed by atoms with E-state index in [0.29, 0.717) is 11.6 Å². The Bertz CT molecular complexity index is 866. The van der Waals surface area contributed by atoms with Crippen molar-refractivity contribution in [2.24, 2.45) is 0 Å². The van der Waals surface area contributed by atoms with Crippen molar-refractivity contribution < 1.29 is 4.39 Å². The summed E-state index contributed by atoms with van der Waals surface area (Å²) in [6.45, 7) is 2.82. The Balaban J connectivity index is 1.69. The number of hydrogen-bond donors (Lipinski definition) is 0. The number of thiazole rings is 1. The molecule has 1 unspecified atom stereocenters. The van der Waals surface area contributed by atoms with Crippen LogP contribution in [0.2, 0.25) is 0 Å². The van der Waals surface area contributed by atoms with E-state index in [1.165, 1.54) is 17.4 Å². The molecule has 0 spiro atoms. The first-order chi connectivity index (χ1) is 11.6. The molecule has 3 aromatic rings. The summed E-state index contributed by atoms with van der Waals surface area (Å²) in [5.74, 6) is 0.861. The van der Waals surface area contributed by atoms with Gasteiger partial charge in [0.2, 0.25) is 5.95 Å². The van der Waals surface area contributed by atoms with Crippen LogP contribution in [0.5, 0.6) is 0 Å². The number of halogens is 2. The zero-order chi connectivity index (χ0) is 16.7. The van der Waals surface area contributed by atoms with Gasteiger partial charge in [-0.25, -0.2) is 19.9 Å². The zero-order valence-corrected chi connectivity index (χ0v) is 15.8. The number of aromatic nitrogens is 4. The summed E-state index contributed by atoms with van der Waals surface area (Å²) >= 11 is 3.64. The third-order valence-corrected chi connectivity index (χ3v) is 5.32. The second-order valence-electron chi connectivity index (χ2n) is 5.55. The molecule has 8 heteroatoms. The fourth-order valence-corrected chi connectivity index (χ4v) is 3.99. The highest BCUT2D eigenvalue weighted by molar-refractivity contribution is 14.1. The second kappa shape index (κ2) is 6.32. The van der Waals surface area contributed by atoms with Crippen molar-refractivity contribution in [1.29, 1.82) is 0 Å². The second-order valence-corrected chi connectivity index (χ2v) is 7.52. The molecule has 0 fully saturated rings. The van der Waals surface area contributed by atoms with Crippen molar-refractivity contribution in [2.75, 3.05) is 11.4 Å². The molecule has 0 saturated carbocycles. The Hall–Kier alpha value is -1.68. The van der Waals surface area contributed by atoms with Gasteiger partial charge in [0.15, 0.2) is 5.82 Å². The highest BCUT2D eigenvalue weighted by Crippen LogP contribution is 2.32. The van der Waals surface area contributed by atoms with Crippen LogP contribution < -0.4 is 4.90 Å². The van der Waals surface area contributed by atoms with Crippen LogP contribution in [0.3, 0.4) is 0 Å². The minimum absolute atomic E-state index is 0.0448. The number of pyridine rings is 1. The standard InChI is InChI=1S/C16H13FIN5S/c1-9-11-6-19-16(13-7-24-8-20-13)21-12(11)2-3-23(9)15-5-10(18)4-14(17)22-15/h4-9H,2-3H2,1H3. The third-order valence-electron chi connectivity index (χ3n) is 4.11. The van der Waals surface area contributed by atoms with Crippen molar-refractivity contribution in [2.45, 2.75) is 19.4 Å². The topological polar surface area (TPSA) is 54.8 Å². The highest BCUT2D eigenvalue weighted by Gasteiger charge is 2.27. The number of anilines is 1. The summed E-state index contributed by atoms with van der Waals surface area (Å²) in [7, 11) is 0. The summed E-state index contributed by atoms with van der Waals surface area (Å²) in [5.41, 5.74) is 4.67. The average molecular weight is 453 g/mol. The molecule has 0 saturated heterocycles. The molecule has 0 aromatic carbocycles. The first-order valence-corrected chi connectivity index (χ1v) is 9.48. The van der Waals surface area contributed by atoms with Crippen molar-refractivity contribution in [1.82, 2.24) is 19.9 Å². The van der Waals surface area contributed by atoms with E-state index in [1.54, 1.807) is 5.51 Å². The number of rotatable bonds is 2. The van der Waals surface area contributed by atoms with Crippen LogP contribution in [0.15, 0.2) is 29.2 Å². The van der Waals surface area contributed by atoms with Crippen LogP contribution >= 0.6 is 33.9 Å². The summed E-state index contributed by atoms with van der Waals surface area (Å²) < 4.78 is 14.5. The van der Waals surface area contributed by atoms with E-state index >= 15 is 0 Å². The van der Waals surface area contributed by atoms with Crippen LogP contribution in [0.1, 0.15) is 24.2 Å². The van der Waals surface area contributed by atoms with Gasteiger partial charge in [-0.3, -0.25) is 0 Å². The van der Waals surface area contributed by atoms with Crippen LogP contribution in [-0.2, 0) is 6.42 Å². The van der Waals surface area contributed by atoms with Crippen molar-refractivity contribution in [3.8, 4) is 11.5 Å². The molecule has 4 heterocycles. The van der Waals surface area contributed by atoms with Gasteiger partial charge in [-0.2, -0.15) is 4.39 Å². The van der Waals surface area contributed by atoms with E-state index in [1.807, 2.05) is 17.6 Å². The summed E-state index contributed by atoms with van der Waals surface area (Å²) in [4.78, 5) is 19.5. The first-order valence-electron chi connectivity index (χ1n) is 7.46. The molecule has 3 aromatic heterocycles. The smallest absolute Gasteiger partial charge is 0.215 e. The Morgan fingerprint density at radius 3 is 2.92 bits per heavy atom. The molecule has 0 amide bonds. The van der Waals surface area contributed by atoms with Crippen LogP contribution in [0.4, 0.5) is 10.2 Å². The predicted octanol–water partition coefficient (Wildman–Crippen LogP) is 3.86. The molecule has 5 nitrogen and oxygen atoms in total. The monoisotopic (exact) mass is 453 g/mol. The Morgan fingerprint density at radius 1 is 1.29 bits per heavy atom. The Kier molecular flexibility index (Phi) is 4.17. The minimum atomic E-state index is -0.454. The fraction of sp³-hybridized carbons (Fsp3) is 0.250. The summed E-state index contributed by atoms with van der Waals surface area (Å²) in [6.07, 6.45) is 2.63. The molecular formula is C16H13FIN5S. The van der Waals surface area contributed by atoms with Gasteiger partial charge in [0, 0.05) is 39.7 Å². The minimum Gasteiger partial charge on any atom is -0.349 e. The Labute approximate surface area is 156 Å². The summed E-state index contributed by atoms with van der Waals surface area (Å²) in [5, 5.41) is 1.94. The quantitative estimate of drug-likeness (QED) is 0.436. The lowest BCUT2D eigenvalue weighted by Crippen LogP contribution is -2.35. The van der Waals surface area contributed by atoms with Gasteiger partial charge < -0.3 is 4.90 Å². The molecule has 0 aliphatic carbocycles. The number of nitrogens with zero attached hydrogens (tertiary/aromatic N) is 5. The molecule has 1 atom stereocenters. The molecular weight excluding hydrogens is 440 g/mol. The highest BCUT2D eigenvalue weighted by atomic mass is 127. The van der Waals surface area contributed by atoms with E-state index < -0.39 is 5.95 Å². The molecule has 122 valence electrons. The maximum Gasteiger partial charge on any atom is 0.215 e. The van der Waals surface area contributed by atoms with Crippen molar-refractivity contribution in [3.63, 3.8) is 0 Å². The molecule has 24 heavy (non-hydrogen) atoms. The number of hydrogen-bond acceptors (Lipinski definition) is 6. The van der Waals surface area contributed by atoms with E-state index in [2.05, 4.69) is 54.4 Å². The predicted molar refractivity (Wildman–Crippen MR) is 99.5 cm³/mol. The molecule has 0 N–H and O–H groups in total. The largest absolute Gasteiger partial charge is 0.349 e. The normalized spacial score (nSPS) is 17.0. The molecule has 1 aliphatic rings. The van der Waals surface area contributed by atoms with Gasteiger partial charge in [-0.05, 0) is 35.6 Å². The van der Waals surface area contributed by atoms with Gasteiger partial charge in [-0.1, -0.05) is 0 Å². The van der Waals surface area contributed by atoms with Gasteiger partial charge in [0.25, 0.3) is 0 Å². The first kappa shape index (κ1) is 15.8. The van der Waals surface area contributed by atoms with Crippen molar-refractivity contribution in [3.05, 3.63) is 50.0 Å². The molecule has 0 radical (unpaired) electrons. The maximum atomic E-state index is 13.6. The molecule has 0 bridgehead atoms. The SMILES string of the molecule is CC1c2cnc(-c3cscn3)nc2CCN1c1cc(I)cc(F)n1. The number of fused-ring (bicyclic) bond motifs is 1. The van der Waals surface area contributed by atoms with Crippen LogP contribution in [-0.4, -0.2) is 26.5 Å². The molecule has 4 rings (SSSR count). The van der Waals surface area contributed by atoms with Gasteiger partial charge in [0.1, 0.15) is 11.5 Å². The zero-order valence-electron chi connectivity index (χ0n) is 12.8. The van der Waals surface area contributed by atoms with E-state index in [0.717, 1.165) is 33.5 Å².